The van der Waals surface area contributed by atoms with E-state index in [2.05, 4.69) is 20.7 Å². The molecule has 0 spiro atoms. The molecule has 0 fully saturated rings. The van der Waals surface area contributed by atoms with Gasteiger partial charge >= 0.3 is 6.18 Å². The molecular formula is C19H18F3N5O2. The Hall–Kier alpha value is -3.56. The molecule has 0 bridgehead atoms. The maximum absolute atomic E-state index is 13.1. The largest absolute Gasteiger partial charge is 0.495 e. The average molecular weight is 405 g/mol. The number of methoxy groups -OCH3 is 1. The van der Waals surface area contributed by atoms with E-state index < -0.39 is 17.6 Å². The fraction of sp³-hybridized carbons (Fsp3) is 0.211. The number of amides is 1. The van der Waals surface area contributed by atoms with Crippen molar-refractivity contribution in [3.05, 3.63) is 60.2 Å². The molecule has 2 aromatic carbocycles. The van der Waals surface area contributed by atoms with Gasteiger partial charge in [-0.25, -0.2) is 9.67 Å². The minimum Gasteiger partial charge on any atom is -0.495 e. The molecule has 0 aliphatic heterocycles. The Morgan fingerprint density at radius 1 is 1.17 bits per heavy atom. The smallest absolute Gasteiger partial charge is 0.416 e. The number of nitrogens with zero attached hydrogens (tertiary/aromatic N) is 3. The highest BCUT2D eigenvalue weighted by Gasteiger charge is 2.31. The third-order valence-corrected chi connectivity index (χ3v) is 4.06. The lowest BCUT2D eigenvalue weighted by molar-refractivity contribution is -0.137. The summed E-state index contributed by atoms with van der Waals surface area (Å²) in [7, 11) is 1.50. The maximum atomic E-state index is 13.1. The molecule has 3 rings (SSSR count). The molecule has 0 saturated heterocycles. The number of carbonyl (C=O) groups excluding carboxylic acids is 1. The van der Waals surface area contributed by atoms with E-state index in [0.717, 1.165) is 17.7 Å². The van der Waals surface area contributed by atoms with Gasteiger partial charge in [0.05, 0.1) is 36.3 Å². The van der Waals surface area contributed by atoms with Crippen molar-refractivity contribution in [2.24, 2.45) is 0 Å². The topological polar surface area (TPSA) is 81.1 Å². The van der Waals surface area contributed by atoms with Gasteiger partial charge in [0.25, 0.3) is 0 Å². The average Bonchev–Trinajstić information content (AvgIpc) is 3.20. The zero-order valence-electron chi connectivity index (χ0n) is 15.6. The molecule has 2 N–H and O–H groups in total. The quantitative estimate of drug-likeness (QED) is 0.654. The van der Waals surface area contributed by atoms with E-state index >= 15 is 0 Å². The highest BCUT2D eigenvalue weighted by Crippen LogP contribution is 2.33. The first-order chi connectivity index (χ1) is 13.8. The van der Waals surface area contributed by atoms with Crippen LogP contribution in [-0.4, -0.2) is 34.3 Å². The predicted octanol–water partition coefficient (Wildman–Crippen LogP) is 3.65. The van der Waals surface area contributed by atoms with E-state index in [9.17, 15) is 18.0 Å². The highest BCUT2D eigenvalue weighted by atomic mass is 19.4. The van der Waals surface area contributed by atoms with Crippen molar-refractivity contribution in [3.8, 4) is 11.4 Å². The van der Waals surface area contributed by atoms with E-state index in [-0.39, 0.29) is 17.9 Å². The minimum atomic E-state index is -4.55. The van der Waals surface area contributed by atoms with Gasteiger partial charge in [-0.2, -0.15) is 18.3 Å². The molecule has 10 heteroatoms. The summed E-state index contributed by atoms with van der Waals surface area (Å²) >= 11 is 0. The Kier molecular flexibility index (Phi) is 5.71. The lowest BCUT2D eigenvalue weighted by Crippen LogP contribution is -2.23. The Bertz CT molecular complexity index is 1000. The number of ether oxygens (including phenoxy) is 1. The number of rotatable bonds is 6. The number of halogens is 3. The standard InChI is InChI=1S/C19H18F3N5O2/c1-12-3-6-17(29-2)15(7-12)24-9-18(28)26-14-8-13(19(20,21)22)4-5-16(14)27-11-23-10-25-27/h3-8,10-11,24H,9H2,1-2H3,(H,26,28). The van der Waals surface area contributed by atoms with E-state index in [4.69, 9.17) is 4.74 Å². The van der Waals surface area contributed by atoms with Crippen LogP contribution in [0.3, 0.4) is 0 Å². The summed E-state index contributed by atoms with van der Waals surface area (Å²) in [6, 6.07) is 8.42. The van der Waals surface area contributed by atoms with Crippen molar-refractivity contribution >= 4 is 17.3 Å². The summed E-state index contributed by atoms with van der Waals surface area (Å²) in [6.07, 6.45) is -1.98. The van der Waals surface area contributed by atoms with Gasteiger partial charge < -0.3 is 15.4 Å². The van der Waals surface area contributed by atoms with Gasteiger partial charge in [0, 0.05) is 0 Å². The fourth-order valence-electron chi connectivity index (χ4n) is 2.67. The van der Waals surface area contributed by atoms with Crippen LogP contribution in [0.15, 0.2) is 49.1 Å². The summed E-state index contributed by atoms with van der Waals surface area (Å²) in [6.45, 7) is 1.71. The Morgan fingerprint density at radius 3 is 2.62 bits per heavy atom. The summed E-state index contributed by atoms with van der Waals surface area (Å²) in [5.74, 6) is 0.0139. The molecule has 1 aromatic heterocycles. The van der Waals surface area contributed by atoms with Gasteiger partial charge in [-0.3, -0.25) is 4.79 Å². The lowest BCUT2D eigenvalue weighted by atomic mass is 10.1. The lowest BCUT2D eigenvalue weighted by Gasteiger charge is -2.15. The summed E-state index contributed by atoms with van der Waals surface area (Å²) in [4.78, 5) is 16.2. The number of benzene rings is 2. The molecule has 0 aliphatic rings. The van der Waals surface area contributed by atoms with Gasteiger partial charge in [0.1, 0.15) is 18.4 Å². The molecule has 1 heterocycles. The third-order valence-electron chi connectivity index (χ3n) is 4.06. The molecule has 29 heavy (non-hydrogen) atoms. The second kappa shape index (κ2) is 8.21. The number of carbonyl (C=O) groups is 1. The van der Waals surface area contributed by atoms with Gasteiger partial charge in [-0.15, -0.1) is 0 Å². The van der Waals surface area contributed by atoms with Gasteiger partial charge in [0.15, 0.2) is 0 Å². The molecule has 7 nitrogen and oxygen atoms in total. The van der Waals surface area contributed by atoms with Gasteiger partial charge in [-0.05, 0) is 42.8 Å². The van der Waals surface area contributed by atoms with Crippen LogP contribution in [0.2, 0.25) is 0 Å². The number of aryl methyl sites for hydroxylation is 1. The molecule has 0 atom stereocenters. The Balaban J connectivity index is 1.81. The number of nitrogens with one attached hydrogen (secondary N) is 2. The van der Waals surface area contributed by atoms with E-state index in [1.165, 1.54) is 30.5 Å². The monoisotopic (exact) mass is 405 g/mol. The van der Waals surface area contributed by atoms with Crippen molar-refractivity contribution in [2.45, 2.75) is 13.1 Å². The second-order valence-corrected chi connectivity index (χ2v) is 6.18. The predicted molar refractivity (Wildman–Crippen MR) is 101 cm³/mol. The van der Waals surface area contributed by atoms with Crippen LogP contribution >= 0.6 is 0 Å². The molecule has 0 saturated carbocycles. The summed E-state index contributed by atoms with van der Waals surface area (Å²) in [5, 5.41) is 9.35. The van der Waals surface area contributed by atoms with Crippen LogP contribution in [0.4, 0.5) is 24.5 Å². The first kappa shape index (κ1) is 20.2. The molecule has 0 radical (unpaired) electrons. The van der Waals surface area contributed by atoms with Crippen molar-refractivity contribution in [3.63, 3.8) is 0 Å². The Labute approximate surface area is 164 Å². The summed E-state index contributed by atoms with van der Waals surface area (Å²) in [5.41, 5.74) is 0.901. The van der Waals surface area contributed by atoms with Crippen LogP contribution in [0.1, 0.15) is 11.1 Å². The van der Waals surface area contributed by atoms with Crippen LogP contribution in [-0.2, 0) is 11.0 Å². The molecule has 0 unspecified atom stereocenters. The van der Waals surface area contributed by atoms with Crippen LogP contribution in [0.25, 0.3) is 5.69 Å². The number of anilines is 2. The highest BCUT2D eigenvalue weighted by molar-refractivity contribution is 5.95. The molecular weight excluding hydrogens is 387 g/mol. The number of hydrogen-bond acceptors (Lipinski definition) is 5. The zero-order valence-corrected chi connectivity index (χ0v) is 15.6. The Morgan fingerprint density at radius 2 is 1.97 bits per heavy atom. The SMILES string of the molecule is COc1ccc(C)cc1NCC(=O)Nc1cc(C(F)(F)F)ccc1-n1cncn1. The number of alkyl halides is 3. The minimum absolute atomic E-state index is 0.0340. The zero-order chi connectivity index (χ0) is 21.0. The fourth-order valence-corrected chi connectivity index (χ4v) is 2.67. The molecule has 3 aromatic rings. The van der Waals surface area contributed by atoms with Crippen molar-refractivity contribution in [2.75, 3.05) is 24.3 Å². The van der Waals surface area contributed by atoms with Crippen LogP contribution in [0.5, 0.6) is 5.75 Å². The van der Waals surface area contributed by atoms with Gasteiger partial charge in [0.2, 0.25) is 5.91 Å². The molecule has 152 valence electrons. The maximum Gasteiger partial charge on any atom is 0.416 e. The van der Waals surface area contributed by atoms with E-state index in [1.807, 2.05) is 13.0 Å². The number of aromatic nitrogens is 3. The molecule has 0 aliphatic carbocycles. The third kappa shape index (κ3) is 4.84. The second-order valence-electron chi connectivity index (χ2n) is 6.18. The summed E-state index contributed by atoms with van der Waals surface area (Å²) < 4.78 is 45.8. The van der Waals surface area contributed by atoms with Crippen LogP contribution in [0, 0.1) is 6.92 Å². The van der Waals surface area contributed by atoms with Crippen molar-refractivity contribution in [1.29, 1.82) is 0 Å². The first-order valence-electron chi connectivity index (χ1n) is 8.52. The first-order valence-corrected chi connectivity index (χ1v) is 8.52. The van der Waals surface area contributed by atoms with Gasteiger partial charge in [-0.1, -0.05) is 6.07 Å². The normalized spacial score (nSPS) is 11.2. The molecule has 1 amide bonds. The van der Waals surface area contributed by atoms with Crippen molar-refractivity contribution < 1.29 is 22.7 Å². The number of hydrogen-bond donors (Lipinski definition) is 2. The van der Waals surface area contributed by atoms with Crippen molar-refractivity contribution in [1.82, 2.24) is 14.8 Å². The van der Waals surface area contributed by atoms with E-state index in [0.29, 0.717) is 11.4 Å². The van der Waals surface area contributed by atoms with E-state index in [1.54, 1.807) is 12.1 Å². The van der Waals surface area contributed by atoms with Crippen LogP contribution < -0.4 is 15.4 Å².